The molecule has 1 aliphatic heterocycles. The molecule has 23 heavy (non-hydrogen) atoms. The van der Waals surface area contributed by atoms with E-state index in [9.17, 15) is 13.2 Å². The Morgan fingerprint density at radius 2 is 2.09 bits per heavy atom. The Balaban J connectivity index is 1.86. The quantitative estimate of drug-likeness (QED) is 0.764. The van der Waals surface area contributed by atoms with Crippen LogP contribution in [0, 0.1) is 0 Å². The standard InChI is InChI=1S/C16H25N3O3S/c1-4-13-5-6-14(17-9-13)10-19(3)16(20)11-18(2)15-7-8-23(21,22)12-15/h5-6,9,15H,4,7-8,10-12H2,1-3H3/t15-/m1/s1. The molecule has 0 N–H and O–H groups in total. The van der Waals surface area contributed by atoms with Gasteiger partial charge in [-0.15, -0.1) is 0 Å². The Kier molecular flexibility index (Phi) is 5.75. The number of hydrogen-bond donors (Lipinski definition) is 0. The van der Waals surface area contributed by atoms with Crippen LogP contribution in [0.5, 0.6) is 0 Å². The maximum atomic E-state index is 12.3. The minimum Gasteiger partial charge on any atom is -0.339 e. The lowest BCUT2D eigenvalue weighted by atomic mass is 10.2. The molecule has 0 unspecified atom stereocenters. The van der Waals surface area contributed by atoms with Gasteiger partial charge in [-0.05, 0) is 31.5 Å². The number of nitrogens with zero attached hydrogens (tertiary/aromatic N) is 3. The van der Waals surface area contributed by atoms with E-state index in [1.165, 1.54) is 5.56 Å². The van der Waals surface area contributed by atoms with E-state index in [0.29, 0.717) is 13.0 Å². The van der Waals surface area contributed by atoms with Crippen LogP contribution in [0.15, 0.2) is 18.3 Å². The lowest BCUT2D eigenvalue weighted by molar-refractivity contribution is -0.131. The molecule has 128 valence electrons. The van der Waals surface area contributed by atoms with E-state index >= 15 is 0 Å². The van der Waals surface area contributed by atoms with E-state index < -0.39 is 9.84 Å². The van der Waals surface area contributed by atoms with Crippen molar-refractivity contribution in [2.45, 2.75) is 32.4 Å². The van der Waals surface area contributed by atoms with Crippen LogP contribution in [0.3, 0.4) is 0 Å². The molecule has 2 rings (SSSR count). The Morgan fingerprint density at radius 1 is 1.35 bits per heavy atom. The first kappa shape index (κ1) is 17.9. The van der Waals surface area contributed by atoms with Crippen LogP contribution >= 0.6 is 0 Å². The smallest absolute Gasteiger partial charge is 0.236 e. The molecule has 0 radical (unpaired) electrons. The molecule has 1 saturated heterocycles. The van der Waals surface area contributed by atoms with Crippen molar-refractivity contribution in [1.82, 2.24) is 14.8 Å². The van der Waals surface area contributed by atoms with Crippen molar-refractivity contribution < 1.29 is 13.2 Å². The molecular formula is C16H25N3O3S. The van der Waals surface area contributed by atoms with Gasteiger partial charge in [-0.3, -0.25) is 14.7 Å². The molecule has 0 aromatic carbocycles. The van der Waals surface area contributed by atoms with E-state index in [2.05, 4.69) is 11.9 Å². The lowest BCUT2D eigenvalue weighted by Gasteiger charge is -2.25. The molecule has 2 heterocycles. The van der Waals surface area contributed by atoms with E-state index in [-0.39, 0.29) is 30.0 Å². The number of hydrogen-bond acceptors (Lipinski definition) is 5. The fourth-order valence-corrected chi connectivity index (χ4v) is 4.48. The van der Waals surface area contributed by atoms with E-state index in [1.54, 1.807) is 11.9 Å². The number of rotatable bonds is 6. The van der Waals surface area contributed by atoms with Crippen LogP contribution < -0.4 is 0 Å². The maximum Gasteiger partial charge on any atom is 0.236 e. The maximum absolute atomic E-state index is 12.3. The van der Waals surface area contributed by atoms with Crippen LogP contribution in [0.2, 0.25) is 0 Å². The van der Waals surface area contributed by atoms with Crippen molar-refractivity contribution in [3.63, 3.8) is 0 Å². The predicted molar refractivity (Wildman–Crippen MR) is 89.8 cm³/mol. The zero-order valence-electron chi connectivity index (χ0n) is 14.0. The first-order chi connectivity index (χ1) is 10.8. The molecule has 0 saturated carbocycles. The molecule has 1 aromatic heterocycles. The monoisotopic (exact) mass is 339 g/mol. The zero-order chi connectivity index (χ0) is 17.0. The molecule has 0 aliphatic carbocycles. The van der Waals surface area contributed by atoms with Gasteiger partial charge in [-0.2, -0.15) is 0 Å². The third-order valence-electron chi connectivity index (χ3n) is 4.34. The largest absolute Gasteiger partial charge is 0.339 e. The molecule has 0 spiro atoms. The number of aryl methyl sites for hydroxylation is 1. The highest BCUT2D eigenvalue weighted by Crippen LogP contribution is 2.16. The van der Waals surface area contributed by atoms with Crippen molar-refractivity contribution in [2.24, 2.45) is 0 Å². The minimum absolute atomic E-state index is 0.0295. The van der Waals surface area contributed by atoms with Crippen molar-refractivity contribution in [3.8, 4) is 0 Å². The summed E-state index contributed by atoms with van der Waals surface area (Å²) in [4.78, 5) is 20.1. The molecule has 7 heteroatoms. The van der Waals surface area contributed by atoms with E-state index in [0.717, 1.165) is 12.1 Å². The van der Waals surface area contributed by atoms with Crippen molar-refractivity contribution >= 4 is 15.7 Å². The first-order valence-corrected chi connectivity index (χ1v) is 9.71. The second-order valence-corrected chi connectivity index (χ2v) is 8.46. The zero-order valence-corrected chi connectivity index (χ0v) is 14.8. The average molecular weight is 339 g/mol. The van der Waals surface area contributed by atoms with Crippen molar-refractivity contribution in [1.29, 1.82) is 0 Å². The molecule has 1 amide bonds. The number of carbonyl (C=O) groups is 1. The summed E-state index contributed by atoms with van der Waals surface area (Å²) in [6, 6.07) is 3.91. The summed E-state index contributed by atoms with van der Waals surface area (Å²) in [5, 5.41) is 0. The van der Waals surface area contributed by atoms with Crippen molar-refractivity contribution in [2.75, 3.05) is 32.1 Å². The number of aromatic nitrogens is 1. The van der Waals surface area contributed by atoms with Crippen molar-refractivity contribution in [3.05, 3.63) is 29.6 Å². The fourth-order valence-electron chi connectivity index (χ4n) is 2.68. The summed E-state index contributed by atoms with van der Waals surface area (Å²) < 4.78 is 23.1. The lowest BCUT2D eigenvalue weighted by Crippen LogP contribution is -2.41. The molecule has 1 aliphatic rings. The highest BCUT2D eigenvalue weighted by Gasteiger charge is 2.31. The van der Waals surface area contributed by atoms with Gasteiger partial charge in [0, 0.05) is 19.3 Å². The van der Waals surface area contributed by atoms with Gasteiger partial charge in [-0.1, -0.05) is 13.0 Å². The normalized spacial score (nSPS) is 19.9. The summed E-state index contributed by atoms with van der Waals surface area (Å²) >= 11 is 0. The second kappa shape index (κ2) is 7.40. The van der Waals surface area contributed by atoms with Gasteiger partial charge in [0.25, 0.3) is 0 Å². The third-order valence-corrected chi connectivity index (χ3v) is 6.09. The van der Waals surface area contributed by atoms with E-state index in [4.69, 9.17) is 0 Å². The summed E-state index contributed by atoms with van der Waals surface area (Å²) in [7, 11) is 0.630. The topological polar surface area (TPSA) is 70.6 Å². The summed E-state index contributed by atoms with van der Waals surface area (Å²) in [5.74, 6) is 0.346. The number of likely N-dealkylation sites (N-methyl/N-ethyl adjacent to an activating group) is 2. The number of sulfone groups is 1. The Labute approximate surface area is 138 Å². The van der Waals surface area contributed by atoms with Crippen LogP contribution in [0.1, 0.15) is 24.6 Å². The highest BCUT2D eigenvalue weighted by molar-refractivity contribution is 7.91. The third kappa shape index (κ3) is 5.00. The van der Waals surface area contributed by atoms with Gasteiger partial charge in [-0.25, -0.2) is 8.42 Å². The molecule has 6 nitrogen and oxygen atoms in total. The summed E-state index contributed by atoms with van der Waals surface area (Å²) in [6.45, 7) is 2.76. The molecule has 1 fully saturated rings. The van der Waals surface area contributed by atoms with Crippen LogP contribution in [-0.4, -0.2) is 67.3 Å². The van der Waals surface area contributed by atoms with Gasteiger partial charge < -0.3 is 4.90 Å². The summed E-state index contributed by atoms with van der Waals surface area (Å²) in [5.41, 5.74) is 2.02. The Hall–Kier alpha value is -1.47. The Morgan fingerprint density at radius 3 is 2.61 bits per heavy atom. The Bertz CT molecular complexity index is 643. The fraction of sp³-hybridized carbons (Fsp3) is 0.625. The number of carbonyl (C=O) groups excluding carboxylic acids is 1. The van der Waals surface area contributed by atoms with Gasteiger partial charge >= 0.3 is 0 Å². The van der Waals surface area contributed by atoms with Gasteiger partial charge in [0.2, 0.25) is 5.91 Å². The van der Waals surface area contributed by atoms with Gasteiger partial charge in [0.05, 0.1) is 30.3 Å². The molecule has 0 bridgehead atoms. The minimum atomic E-state index is -2.93. The first-order valence-electron chi connectivity index (χ1n) is 7.89. The molecule has 1 atom stereocenters. The molecule has 1 aromatic rings. The number of pyridine rings is 1. The number of amides is 1. The van der Waals surface area contributed by atoms with Crippen LogP contribution in [0.4, 0.5) is 0 Å². The van der Waals surface area contributed by atoms with Crippen LogP contribution in [-0.2, 0) is 27.6 Å². The summed E-state index contributed by atoms with van der Waals surface area (Å²) in [6.07, 6.45) is 3.39. The predicted octanol–water partition coefficient (Wildman–Crippen LogP) is 0.721. The van der Waals surface area contributed by atoms with Crippen LogP contribution in [0.25, 0.3) is 0 Å². The average Bonchev–Trinajstić information content (AvgIpc) is 2.88. The van der Waals surface area contributed by atoms with E-state index in [1.807, 2.05) is 30.3 Å². The SMILES string of the molecule is CCc1ccc(CN(C)C(=O)CN(C)[C@@H]2CCS(=O)(=O)C2)nc1. The second-order valence-electron chi connectivity index (χ2n) is 6.23. The molecular weight excluding hydrogens is 314 g/mol. The van der Waals surface area contributed by atoms with Gasteiger partial charge in [0.15, 0.2) is 9.84 Å². The highest BCUT2D eigenvalue weighted by atomic mass is 32.2. The van der Waals surface area contributed by atoms with Gasteiger partial charge in [0.1, 0.15) is 0 Å².